The van der Waals surface area contributed by atoms with Crippen molar-refractivity contribution in [1.82, 2.24) is 0 Å². The lowest BCUT2D eigenvalue weighted by atomic mass is 9.92. The van der Waals surface area contributed by atoms with Crippen LogP contribution < -0.4 is 9.05 Å². The van der Waals surface area contributed by atoms with Crippen molar-refractivity contribution in [2.75, 3.05) is 0 Å². The summed E-state index contributed by atoms with van der Waals surface area (Å²) in [7, 11) is 0. The normalized spacial score (nSPS) is 14.6. The Labute approximate surface area is 226 Å². The molecule has 0 spiro atoms. The number of Topliss-reactive ketones (excluding diaryl/α,β-unsaturated/α-hetero) is 1. The van der Waals surface area contributed by atoms with Crippen LogP contribution in [0.1, 0.15) is 18.1 Å². The molecule has 1 heterocycles. The van der Waals surface area contributed by atoms with Crippen molar-refractivity contribution < 1.29 is 13.8 Å². The number of carbonyl (C=O) groups is 1. The molecule has 0 unspecified atom stereocenters. The zero-order valence-corrected chi connectivity index (χ0v) is 22.4. The van der Waals surface area contributed by atoms with Gasteiger partial charge in [-0.2, -0.15) is 0 Å². The fourth-order valence-corrected chi connectivity index (χ4v) is 8.76. The zero-order valence-electron chi connectivity index (χ0n) is 20.0. The molecule has 182 valence electrons. The summed E-state index contributed by atoms with van der Waals surface area (Å²) in [5.74, 6) is 1.04. The van der Waals surface area contributed by atoms with Crippen LogP contribution in [-0.2, 0) is 17.0 Å². The van der Waals surface area contributed by atoms with E-state index in [0.29, 0.717) is 27.7 Å². The highest BCUT2D eigenvalue weighted by Gasteiger charge is 2.49. The number of benzene rings is 5. The van der Waals surface area contributed by atoms with Crippen LogP contribution in [0.3, 0.4) is 0 Å². The third-order valence-electron chi connectivity index (χ3n) is 6.78. The molecule has 0 bridgehead atoms. The predicted molar refractivity (Wildman–Crippen MR) is 156 cm³/mol. The molecular weight excluding hydrogens is 519 g/mol. The molecular formula is C31H22ClO3PS. The molecule has 1 aliphatic rings. The molecule has 0 saturated heterocycles. The molecule has 6 rings (SSSR count). The second-order valence-corrected chi connectivity index (χ2v) is 12.9. The smallest absolute Gasteiger partial charge is 0.263 e. The number of halogens is 1. The van der Waals surface area contributed by atoms with Gasteiger partial charge in [-0.15, -0.1) is 0 Å². The number of fused-ring (bicyclic) bond motifs is 7. The summed E-state index contributed by atoms with van der Waals surface area (Å²) in [4.78, 5) is 12.7. The van der Waals surface area contributed by atoms with Crippen molar-refractivity contribution in [3.05, 3.63) is 120 Å². The Bertz CT molecular complexity index is 1640. The molecule has 6 heteroatoms. The lowest BCUT2D eigenvalue weighted by molar-refractivity contribution is -0.113. The van der Waals surface area contributed by atoms with Gasteiger partial charge in [0.25, 0.3) is 6.92 Å². The molecule has 0 saturated carbocycles. The standard InChI is InChI=1S/C31H22ClO3PS/c1-19(20(2)33)31(25-13-7-8-14-26(25)32)36(37)34-27-17-15-21-9-3-5-11-23(21)29(27)30-24-12-6-4-10-22(24)16-18-28(30)35-36/h3-18,31H,1H2,2H3/t31-/m1/s1. The third-order valence-corrected chi connectivity index (χ3v) is 10.3. The number of allylic oxidation sites excluding steroid dienone is 1. The summed E-state index contributed by atoms with van der Waals surface area (Å²) in [5, 5.41) is 4.70. The largest absolute Gasteiger partial charge is 0.472 e. The fraction of sp³-hybridized carbons (Fsp3) is 0.0645. The molecule has 0 N–H and O–H groups in total. The molecule has 5 aromatic carbocycles. The predicted octanol–water partition coefficient (Wildman–Crippen LogP) is 9.28. The first-order valence-corrected chi connectivity index (χ1v) is 14.9. The number of ketones is 1. The summed E-state index contributed by atoms with van der Waals surface area (Å²) in [5.41, 5.74) is 2.08. The minimum atomic E-state index is -3.32. The van der Waals surface area contributed by atoms with Gasteiger partial charge in [-0.3, -0.25) is 4.79 Å². The Morgan fingerprint density at radius 3 is 1.78 bits per heavy atom. The maximum absolute atomic E-state index is 12.7. The van der Waals surface area contributed by atoms with Gasteiger partial charge in [0.15, 0.2) is 22.9 Å². The van der Waals surface area contributed by atoms with Crippen LogP contribution in [0.25, 0.3) is 32.7 Å². The van der Waals surface area contributed by atoms with Crippen molar-refractivity contribution in [2.45, 2.75) is 12.6 Å². The van der Waals surface area contributed by atoms with E-state index in [1.165, 1.54) is 6.92 Å². The van der Waals surface area contributed by atoms with Crippen LogP contribution in [0.4, 0.5) is 0 Å². The van der Waals surface area contributed by atoms with E-state index in [-0.39, 0.29) is 5.78 Å². The Balaban J connectivity index is 1.69. The van der Waals surface area contributed by atoms with E-state index in [1.54, 1.807) is 6.07 Å². The highest BCUT2D eigenvalue weighted by Crippen LogP contribution is 2.74. The Morgan fingerprint density at radius 2 is 1.27 bits per heavy atom. The van der Waals surface area contributed by atoms with E-state index in [2.05, 4.69) is 30.8 Å². The van der Waals surface area contributed by atoms with E-state index in [1.807, 2.05) is 66.7 Å². The molecule has 37 heavy (non-hydrogen) atoms. The summed E-state index contributed by atoms with van der Waals surface area (Å²) in [6.45, 7) is 2.29. The molecule has 0 radical (unpaired) electrons. The summed E-state index contributed by atoms with van der Waals surface area (Å²) in [6.07, 6.45) is 0. The molecule has 1 atom stereocenters. The van der Waals surface area contributed by atoms with Crippen molar-refractivity contribution in [3.8, 4) is 22.6 Å². The maximum atomic E-state index is 12.7. The van der Waals surface area contributed by atoms with Crippen LogP contribution in [-0.4, -0.2) is 5.78 Å². The lowest BCUT2D eigenvalue weighted by Gasteiger charge is -2.36. The van der Waals surface area contributed by atoms with Gasteiger partial charge >= 0.3 is 0 Å². The quantitative estimate of drug-likeness (QED) is 0.129. The van der Waals surface area contributed by atoms with Crippen molar-refractivity contribution >= 4 is 58.1 Å². The van der Waals surface area contributed by atoms with Crippen molar-refractivity contribution in [3.63, 3.8) is 0 Å². The first kappa shape index (κ1) is 24.1. The SMILES string of the molecule is C=C(C(C)=O)[C@H](c1ccccc1Cl)[P+]1([S-])Oc2ccc3ccccc3c2-c2c(ccc3ccccc23)O1. The summed E-state index contributed by atoms with van der Waals surface area (Å²) < 4.78 is 13.5. The van der Waals surface area contributed by atoms with Gasteiger partial charge in [-0.05, 0) is 46.7 Å². The minimum absolute atomic E-state index is 0.192. The van der Waals surface area contributed by atoms with Gasteiger partial charge in [0, 0.05) is 27.3 Å². The number of hydrogen-bond acceptors (Lipinski definition) is 4. The number of rotatable bonds is 4. The van der Waals surface area contributed by atoms with E-state index >= 15 is 0 Å². The van der Waals surface area contributed by atoms with Gasteiger partial charge in [-0.25, -0.2) is 0 Å². The van der Waals surface area contributed by atoms with Crippen LogP contribution in [0.5, 0.6) is 11.5 Å². The second kappa shape index (κ2) is 9.22. The summed E-state index contributed by atoms with van der Waals surface area (Å²) in [6, 6.07) is 31.6. The van der Waals surface area contributed by atoms with Crippen LogP contribution in [0.2, 0.25) is 5.02 Å². The average molecular weight is 541 g/mol. The highest BCUT2D eigenvalue weighted by atomic mass is 35.5. The maximum Gasteiger partial charge on any atom is 0.263 e. The van der Waals surface area contributed by atoms with E-state index < -0.39 is 12.6 Å². The molecule has 0 aliphatic carbocycles. The van der Waals surface area contributed by atoms with E-state index in [9.17, 15) is 4.79 Å². The monoisotopic (exact) mass is 540 g/mol. The molecule has 5 aromatic rings. The molecule has 0 fully saturated rings. The molecule has 0 amide bonds. The average Bonchev–Trinajstić information content (AvgIpc) is 3.03. The third kappa shape index (κ3) is 4.01. The van der Waals surface area contributed by atoms with Gasteiger partial charge in [0.05, 0.1) is 0 Å². The van der Waals surface area contributed by atoms with Crippen LogP contribution in [0, 0.1) is 0 Å². The van der Waals surface area contributed by atoms with Crippen molar-refractivity contribution in [1.29, 1.82) is 0 Å². The first-order chi connectivity index (χ1) is 17.9. The first-order valence-electron chi connectivity index (χ1n) is 11.8. The van der Waals surface area contributed by atoms with Crippen molar-refractivity contribution in [2.24, 2.45) is 0 Å². The topological polar surface area (TPSA) is 35.5 Å². The van der Waals surface area contributed by atoms with Gasteiger partial charge in [-0.1, -0.05) is 97.0 Å². The molecule has 0 aromatic heterocycles. The minimum Gasteiger partial charge on any atom is -0.472 e. The second-order valence-electron chi connectivity index (χ2n) is 9.05. The van der Waals surface area contributed by atoms with Crippen LogP contribution >= 0.6 is 18.5 Å². The zero-order chi connectivity index (χ0) is 25.7. The highest BCUT2D eigenvalue weighted by molar-refractivity contribution is 8.38. The fourth-order valence-electron chi connectivity index (χ4n) is 5.01. The Morgan fingerprint density at radius 1 is 0.784 bits per heavy atom. The van der Waals surface area contributed by atoms with Gasteiger partial charge in [0.1, 0.15) is 0 Å². The molecule has 3 nitrogen and oxygen atoms in total. The van der Waals surface area contributed by atoms with E-state index in [4.69, 9.17) is 32.9 Å². The van der Waals surface area contributed by atoms with Gasteiger partial charge < -0.3 is 21.3 Å². The van der Waals surface area contributed by atoms with E-state index in [0.717, 1.165) is 32.7 Å². The Kier molecular flexibility index (Phi) is 6.00. The lowest BCUT2D eigenvalue weighted by Crippen LogP contribution is -2.19. The Hall–Kier alpha value is -3.30. The van der Waals surface area contributed by atoms with Gasteiger partial charge in [0.2, 0.25) is 0 Å². The molecule has 1 aliphatic heterocycles. The number of hydrogen-bond donors (Lipinski definition) is 0. The number of carbonyl (C=O) groups excluding carboxylic acids is 1. The summed E-state index contributed by atoms with van der Waals surface area (Å²) >= 11 is 12.9. The van der Waals surface area contributed by atoms with Crippen LogP contribution in [0.15, 0.2) is 109 Å².